The van der Waals surface area contributed by atoms with E-state index in [4.69, 9.17) is 5.11 Å². The Kier molecular flexibility index (Phi) is 6.27. The van der Waals surface area contributed by atoms with Gasteiger partial charge in [-0.2, -0.15) is 13.2 Å². The van der Waals surface area contributed by atoms with Gasteiger partial charge in [-0.05, 0) is 12.8 Å². The second-order valence-electron chi connectivity index (χ2n) is 2.83. The highest BCUT2D eigenvalue weighted by atomic mass is 19.4. The maximum absolute atomic E-state index is 11.6. The molecule has 0 radical (unpaired) electrons. The standard InChI is InChI=1S/C8H13F3O3/c9-8(10,11)4-6-14-5-2-1-3-7(12)13/h1-6H2,(H,12,13). The first-order chi connectivity index (χ1) is 6.42. The van der Waals surface area contributed by atoms with Crippen molar-refractivity contribution in [3.8, 4) is 0 Å². The lowest BCUT2D eigenvalue weighted by Gasteiger charge is -2.06. The summed E-state index contributed by atoms with van der Waals surface area (Å²) in [6, 6.07) is 0. The molecule has 0 aliphatic rings. The molecule has 0 fully saturated rings. The number of carbonyl (C=O) groups is 1. The molecule has 0 amide bonds. The number of hydrogen-bond donors (Lipinski definition) is 1. The Hall–Kier alpha value is -0.780. The lowest BCUT2D eigenvalue weighted by molar-refractivity contribution is -0.145. The molecular weight excluding hydrogens is 201 g/mol. The van der Waals surface area contributed by atoms with Crippen molar-refractivity contribution in [2.24, 2.45) is 0 Å². The molecule has 0 spiro atoms. The zero-order valence-electron chi connectivity index (χ0n) is 7.64. The first-order valence-corrected chi connectivity index (χ1v) is 4.28. The minimum Gasteiger partial charge on any atom is -0.481 e. The average molecular weight is 214 g/mol. The SMILES string of the molecule is O=C(O)CCCCOCCC(F)(F)F. The summed E-state index contributed by atoms with van der Waals surface area (Å²) >= 11 is 0. The molecule has 0 heterocycles. The summed E-state index contributed by atoms with van der Waals surface area (Å²) in [6.07, 6.45) is -4.19. The Balaban J connectivity index is 3.11. The first kappa shape index (κ1) is 13.2. The number of carboxylic acid groups (broad SMARTS) is 1. The van der Waals surface area contributed by atoms with E-state index in [1.54, 1.807) is 0 Å². The Labute approximate surface area is 79.9 Å². The summed E-state index contributed by atoms with van der Waals surface area (Å²) in [5.74, 6) is -0.903. The molecule has 0 rings (SSSR count). The van der Waals surface area contributed by atoms with Crippen LogP contribution in [0.25, 0.3) is 0 Å². The van der Waals surface area contributed by atoms with Gasteiger partial charge in [-0.3, -0.25) is 4.79 Å². The zero-order chi connectivity index (χ0) is 11.0. The first-order valence-electron chi connectivity index (χ1n) is 4.28. The van der Waals surface area contributed by atoms with Crippen LogP contribution < -0.4 is 0 Å². The molecule has 84 valence electrons. The molecule has 0 aliphatic carbocycles. The predicted octanol–water partition coefficient (Wildman–Crippen LogP) is 2.21. The van der Waals surface area contributed by atoms with Crippen molar-refractivity contribution < 1.29 is 27.8 Å². The van der Waals surface area contributed by atoms with E-state index in [9.17, 15) is 18.0 Å². The summed E-state index contributed by atoms with van der Waals surface area (Å²) < 4.78 is 39.4. The molecule has 0 saturated heterocycles. The molecule has 0 unspecified atom stereocenters. The fraction of sp³-hybridized carbons (Fsp3) is 0.875. The van der Waals surface area contributed by atoms with Gasteiger partial charge in [-0.25, -0.2) is 0 Å². The number of halogens is 3. The fourth-order valence-electron chi connectivity index (χ4n) is 0.770. The van der Waals surface area contributed by atoms with Crippen LogP contribution in [0.3, 0.4) is 0 Å². The van der Waals surface area contributed by atoms with E-state index in [1.165, 1.54) is 0 Å². The van der Waals surface area contributed by atoms with E-state index in [2.05, 4.69) is 4.74 Å². The number of ether oxygens (including phenoxy) is 1. The summed E-state index contributed by atoms with van der Waals surface area (Å²) in [7, 11) is 0. The van der Waals surface area contributed by atoms with E-state index in [0.29, 0.717) is 12.8 Å². The Bertz CT molecular complexity index is 168. The molecule has 1 N–H and O–H groups in total. The second kappa shape index (κ2) is 6.64. The van der Waals surface area contributed by atoms with Crippen LogP contribution in [0.5, 0.6) is 0 Å². The van der Waals surface area contributed by atoms with E-state index in [-0.39, 0.29) is 19.6 Å². The quantitative estimate of drug-likeness (QED) is 0.661. The highest BCUT2D eigenvalue weighted by Gasteiger charge is 2.26. The molecular formula is C8H13F3O3. The fourth-order valence-corrected chi connectivity index (χ4v) is 0.770. The minimum atomic E-state index is -4.18. The van der Waals surface area contributed by atoms with E-state index in [0.717, 1.165) is 0 Å². The number of hydrogen-bond acceptors (Lipinski definition) is 2. The number of alkyl halides is 3. The largest absolute Gasteiger partial charge is 0.481 e. The van der Waals surface area contributed by atoms with Crippen LogP contribution in [0.4, 0.5) is 13.2 Å². The minimum absolute atomic E-state index is 0.0304. The Morgan fingerprint density at radius 3 is 2.36 bits per heavy atom. The van der Waals surface area contributed by atoms with Crippen LogP contribution in [0.15, 0.2) is 0 Å². The Morgan fingerprint density at radius 1 is 1.21 bits per heavy atom. The summed E-state index contributed by atoms with van der Waals surface area (Å²) in [6.45, 7) is -0.167. The van der Waals surface area contributed by atoms with Gasteiger partial charge in [0, 0.05) is 13.0 Å². The topological polar surface area (TPSA) is 46.5 Å². The normalized spacial score (nSPS) is 11.6. The molecule has 0 atom stereocenters. The van der Waals surface area contributed by atoms with Gasteiger partial charge < -0.3 is 9.84 Å². The molecule has 6 heteroatoms. The van der Waals surface area contributed by atoms with Gasteiger partial charge in [0.2, 0.25) is 0 Å². The van der Waals surface area contributed by atoms with Crippen LogP contribution in [0.2, 0.25) is 0 Å². The van der Waals surface area contributed by atoms with E-state index in [1.807, 2.05) is 0 Å². The zero-order valence-corrected chi connectivity index (χ0v) is 7.64. The van der Waals surface area contributed by atoms with Gasteiger partial charge >= 0.3 is 12.1 Å². The highest BCUT2D eigenvalue weighted by molar-refractivity contribution is 5.66. The second-order valence-corrected chi connectivity index (χ2v) is 2.83. The molecule has 14 heavy (non-hydrogen) atoms. The van der Waals surface area contributed by atoms with Crippen LogP contribution in [-0.2, 0) is 9.53 Å². The number of rotatable bonds is 7. The monoisotopic (exact) mass is 214 g/mol. The molecule has 0 aromatic rings. The molecule has 3 nitrogen and oxygen atoms in total. The van der Waals surface area contributed by atoms with Gasteiger partial charge in [0.1, 0.15) is 0 Å². The van der Waals surface area contributed by atoms with Crippen molar-refractivity contribution in [1.29, 1.82) is 0 Å². The maximum Gasteiger partial charge on any atom is 0.391 e. The number of carboxylic acids is 1. The Morgan fingerprint density at radius 2 is 1.86 bits per heavy atom. The van der Waals surface area contributed by atoms with Crippen molar-refractivity contribution in [3.05, 3.63) is 0 Å². The summed E-state index contributed by atoms with van der Waals surface area (Å²) in [5, 5.41) is 8.23. The van der Waals surface area contributed by atoms with Crippen molar-refractivity contribution in [3.63, 3.8) is 0 Å². The van der Waals surface area contributed by atoms with E-state index >= 15 is 0 Å². The highest BCUT2D eigenvalue weighted by Crippen LogP contribution is 2.18. The predicted molar refractivity (Wildman–Crippen MR) is 43.0 cm³/mol. The molecule has 0 bridgehead atoms. The third kappa shape index (κ3) is 11.2. The smallest absolute Gasteiger partial charge is 0.391 e. The summed E-state index contributed by atoms with van der Waals surface area (Å²) in [4.78, 5) is 10.0. The number of unbranched alkanes of at least 4 members (excludes halogenated alkanes) is 1. The molecule has 0 aromatic heterocycles. The van der Waals surface area contributed by atoms with Crippen molar-refractivity contribution in [2.75, 3.05) is 13.2 Å². The third-order valence-electron chi connectivity index (χ3n) is 1.46. The lowest BCUT2D eigenvalue weighted by atomic mass is 10.2. The molecule has 0 saturated carbocycles. The van der Waals surface area contributed by atoms with Crippen LogP contribution >= 0.6 is 0 Å². The third-order valence-corrected chi connectivity index (χ3v) is 1.46. The van der Waals surface area contributed by atoms with Gasteiger partial charge in [-0.1, -0.05) is 0 Å². The lowest BCUT2D eigenvalue weighted by Crippen LogP contribution is -2.12. The molecule has 0 aliphatic heterocycles. The maximum atomic E-state index is 11.6. The van der Waals surface area contributed by atoms with E-state index < -0.39 is 18.6 Å². The van der Waals surface area contributed by atoms with Crippen molar-refractivity contribution in [2.45, 2.75) is 31.9 Å². The van der Waals surface area contributed by atoms with Gasteiger partial charge in [0.25, 0.3) is 0 Å². The van der Waals surface area contributed by atoms with Gasteiger partial charge in [-0.15, -0.1) is 0 Å². The van der Waals surface area contributed by atoms with Gasteiger partial charge in [0.15, 0.2) is 0 Å². The van der Waals surface area contributed by atoms with Crippen molar-refractivity contribution in [1.82, 2.24) is 0 Å². The van der Waals surface area contributed by atoms with Crippen LogP contribution in [0, 0.1) is 0 Å². The summed E-state index contributed by atoms with van der Waals surface area (Å²) in [5.41, 5.74) is 0. The van der Waals surface area contributed by atoms with Crippen LogP contribution in [-0.4, -0.2) is 30.5 Å². The van der Waals surface area contributed by atoms with Crippen LogP contribution in [0.1, 0.15) is 25.7 Å². The molecule has 0 aromatic carbocycles. The van der Waals surface area contributed by atoms with Gasteiger partial charge in [0.05, 0.1) is 13.0 Å². The average Bonchev–Trinajstić information content (AvgIpc) is 2.00. The number of aliphatic carboxylic acids is 1. The van der Waals surface area contributed by atoms with Crippen molar-refractivity contribution >= 4 is 5.97 Å².